The van der Waals surface area contributed by atoms with Crippen LogP contribution in [0.1, 0.15) is 26.7 Å². The molecule has 0 saturated heterocycles. The quantitative estimate of drug-likeness (QED) is 0.577. The van der Waals surface area contributed by atoms with E-state index in [1.807, 2.05) is 13.0 Å². The van der Waals surface area contributed by atoms with Crippen molar-refractivity contribution >= 4 is 5.97 Å². The number of carbonyl (C=O) groups is 1. The first-order valence-electron chi connectivity index (χ1n) is 5.85. The predicted molar refractivity (Wildman–Crippen MR) is 65.3 cm³/mol. The molecule has 1 aromatic carbocycles. The van der Waals surface area contributed by atoms with Crippen LogP contribution in [0.5, 0.6) is 5.75 Å². The first kappa shape index (κ1) is 13.2. The first-order chi connectivity index (χ1) is 8.19. The van der Waals surface area contributed by atoms with Gasteiger partial charge in [0.2, 0.25) is 0 Å². The van der Waals surface area contributed by atoms with E-state index in [2.05, 4.69) is 6.07 Å². The average molecular weight is 231 g/mol. The number of hydrogen-bond acceptors (Lipinski definition) is 3. The number of hydrogen-bond donors (Lipinski definition) is 0. The number of para-hydroxylation sites is 1. The van der Waals surface area contributed by atoms with E-state index in [9.17, 15) is 4.79 Å². The lowest BCUT2D eigenvalue weighted by Crippen LogP contribution is -2.24. The third-order valence-corrected chi connectivity index (χ3v) is 2.70. The molecule has 2 unspecified atom stereocenters. The summed E-state index contributed by atoms with van der Waals surface area (Å²) in [5.74, 6) is -0.467. The van der Waals surface area contributed by atoms with Crippen molar-refractivity contribution < 1.29 is 9.53 Å². The van der Waals surface area contributed by atoms with Gasteiger partial charge in [-0.1, -0.05) is 38.5 Å². The van der Waals surface area contributed by atoms with Gasteiger partial charge in [0.15, 0.2) is 0 Å². The molecule has 0 bridgehead atoms. The maximum atomic E-state index is 11.8. The maximum absolute atomic E-state index is 11.8. The van der Waals surface area contributed by atoms with Crippen molar-refractivity contribution in [2.45, 2.75) is 26.7 Å². The topological polar surface area (TPSA) is 50.1 Å². The lowest BCUT2D eigenvalue weighted by Gasteiger charge is -2.15. The van der Waals surface area contributed by atoms with Gasteiger partial charge >= 0.3 is 5.97 Å². The van der Waals surface area contributed by atoms with Gasteiger partial charge in [-0.25, -0.2) is 0 Å². The Morgan fingerprint density at radius 1 is 1.41 bits per heavy atom. The number of benzene rings is 1. The molecule has 3 heteroatoms. The van der Waals surface area contributed by atoms with Crippen molar-refractivity contribution in [2.75, 3.05) is 0 Å². The number of nitrogens with zero attached hydrogens (tertiary/aromatic N) is 1. The summed E-state index contributed by atoms with van der Waals surface area (Å²) in [5.41, 5.74) is 0. The monoisotopic (exact) mass is 231 g/mol. The molecule has 90 valence electrons. The van der Waals surface area contributed by atoms with E-state index in [1.165, 1.54) is 0 Å². The van der Waals surface area contributed by atoms with E-state index in [0.717, 1.165) is 12.8 Å². The normalized spacial score (nSPS) is 13.5. The van der Waals surface area contributed by atoms with Crippen LogP contribution in [0.4, 0.5) is 0 Å². The minimum Gasteiger partial charge on any atom is -0.426 e. The summed E-state index contributed by atoms with van der Waals surface area (Å²) in [4.78, 5) is 11.8. The smallest absolute Gasteiger partial charge is 0.315 e. The lowest BCUT2D eigenvalue weighted by atomic mass is 9.91. The Morgan fingerprint density at radius 3 is 2.59 bits per heavy atom. The molecule has 0 aliphatic carbocycles. The highest BCUT2D eigenvalue weighted by atomic mass is 16.5. The minimum atomic E-state index is -0.389. The van der Waals surface area contributed by atoms with Gasteiger partial charge in [0.25, 0.3) is 0 Å². The Morgan fingerprint density at radius 2 is 2.06 bits per heavy atom. The van der Waals surface area contributed by atoms with Crippen LogP contribution in [0, 0.1) is 23.2 Å². The Kier molecular flexibility index (Phi) is 5.22. The van der Waals surface area contributed by atoms with Gasteiger partial charge in [0.05, 0.1) is 17.9 Å². The number of rotatable bonds is 5. The fourth-order valence-electron chi connectivity index (χ4n) is 1.60. The molecule has 0 N–H and O–H groups in total. The van der Waals surface area contributed by atoms with Crippen LogP contribution in [0.25, 0.3) is 0 Å². The van der Waals surface area contributed by atoms with Crippen LogP contribution in [-0.2, 0) is 4.79 Å². The fraction of sp³-hybridized carbons (Fsp3) is 0.429. The Balaban J connectivity index is 2.61. The molecule has 0 fully saturated rings. The molecule has 0 heterocycles. The fourth-order valence-corrected chi connectivity index (χ4v) is 1.60. The maximum Gasteiger partial charge on any atom is 0.315 e. The van der Waals surface area contributed by atoms with E-state index in [-0.39, 0.29) is 17.8 Å². The van der Waals surface area contributed by atoms with Crippen LogP contribution in [0.15, 0.2) is 30.3 Å². The van der Waals surface area contributed by atoms with Crippen molar-refractivity contribution in [3.63, 3.8) is 0 Å². The summed E-state index contributed by atoms with van der Waals surface area (Å²) < 4.78 is 5.22. The van der Waals surface area contributed by atoms with Gasteiger partial charge < -0.3 is 4.74 Å². The number of nitriles is 1. The molecule has 0 aliphatic rings. The number of ether oxygens (including phenoxy) is 1. The van der Waals surface area contributed by atoms with Crippen molar-refractivity contribution in [2.24, 2.45) is 11.8 Å². The molecular formula is C14H17NO2. The summed E-state index contributed by atoms with van der Waals surface area (Å²) in [6.45, 7) is 3.74. The predicted octanol–water partition coefficient (Wildman–Crippen LogP) is 3.17. The standard InChI is InChI=1S/C14H17NO2/c1-3-7-12(10-15)11(2)14(16)17-13-8-5-4-6-9-13/h4-6,8-9,11-12H,3,7H2,1-2H3. The molecule has 1 aromatic rings. The summed E-state index contributed by atoms with van der Waals surface area (Å²) in [6, 6.07) is 11.1. The molecule has 3 nitrogen and oxygen atoms in total. The van der Waals surface area contributed by atoms with Gasteiger partial charge in [-0.05, 0) is 18.6 Å². The van der Waals surface area contributed by atoms with Crippen molar-refractivity contribution in [1.82, 2.24) is 0 Å². The second kappa shape index (κ2) is 6.70. The highest BCUT2D eigenvalue weighted by molar-refractivity contribution is 5.75. The van der Waals surface area contributed by atoms with Gasteiger partial charge in [0, 0.05) is 0 Å². The molecule has 0 radical (unpaired) electrons. The van der Waals surface area contributed by atoms with E-state index in [0.29, 0.717) is 5.75 Å². The molecule has 0 spiro atoms. The minimum absolute atomic E-state index is 0.267. The third-order valence-electron chi connectivity index (χ3n) is 2.70. The molecule has 2 atom stereocenters. The Labute approximate surface area is 102 Å². The van der Waals surface area contributed by atoms with Gasteiger partial charge in [-0.15, -0.1) is 0 Å². The van der Waals surface area contributed by atoms with Crippen molar-refractivity contribution in [1.29, 1.82) is 5.26 Å². The molecule has 0 aromatic heterocycles. The van der Waals surface area contributed by atoms with Crippen LogP contribution in [0.2, 0.25) is 0 Å². The first-order valence-corrected chi connectivity index (χ1v) is 5.85. The molecule has 17 heavy (non-hydrogen) atoms. The van der Waals surface area contributed by atoms with Crippen LogP contribution in [0.3, 0.4) is 0 Å². The summed E-state index contributed by atoms with van der Waals surface area (Å²) in [7, 11) is 0. The second-order valence-corrected chi connectivity index (χ2v) is 4.05. The lowest BCUT2D eigenvalue weighted by molar-refractivity contribution is -0.139. The second-order valence-electron chi connectivity index (χ2n) is 4.05. The molecule has 0 aliphatic heterocycles. The zero-order valence-electron chi connectivity index (χ0n) is 10.2. The van der Waals surface area contributed by atoms with Crippen molar-refractivity contribution in [3.05, 3.63) is 30.3 Å². The van der Waals surface area contributed by atoms with E-state index in [4.69, 9.17) is 10.00 Å². The van der Waals surface area contributed by atoms with Crippen molar-refractivity contribution in [3.8, 4) is 11.8 Å². The largest absolute Gasteiger partial charge is 0.426 e. The number of esters is 1. The van der Waals surface area contributed by atoms with Gasteiger partial charge in [0.1, 0.15) is 5.75 Å². The van der Waals surface area contributed by atoms with Gasteiger partial charge in [-0.2, -0.15) is 5.26 Å². The molecule has 1 rings (SSSR count). The van der Waals surface area contributed by atoms with E-state index >= 15 is 0 Å². The SMILES string of the molecule is CCCC(C#N)C(C)C(=O)Oc1ccccc1. The zero-order chi connectivity index (χ0) is 12.7. The summed E-state index contributed by atoms with van der Waals surface area (Å²) >= 11 is 0. The van der Waals surface area contributed by atoms with Crippen LogP contribution < -0.4 is 4.74 Å². The third kappa shape index (κ3) is 3.92. The Bertz CT molecular complexity index is 394. The van der Waals surface area contributed by atoms with Gasteiger partial charge in [-0.3, -0.25) is 4.79 Å². The highest BCUT2D eigenvalue weighted by Crippen LogP contribution is 2.19. The Hall–Kier alpha value is -1.82. The van der Waals surface area contributed by atoms with Crippen LogP contribution in [-0.4, -0.2) is 5.97 Å². The van der Waals surface area contributed by atoms with E-state index in [1.54, 1.807) is 31.2 Å². The summed E-state index contributed by atoms with van der Waals surface area (Å²) in [5, 5.41) is 8.98. The molecule has 0 saturated carbocycles. The zero-order valence-corrected chi connectivity index (χ0v) is 10.2. The number of carbonyl (C=O) groups excluding carboxylic acids is 1. The summed E-state index contributed by atoms with van der Waals surface area (Å²) in [6.07, 6.45) is 1.61. The molecule has 0 amide bonds. The molecular weight excluding hydrogens is 214 g/mol. The highest BCUT2D eigenvalue weighted by Gasteiger charge is 2.24. The van der Waals surface area contributed by atoms with Crippen LogP contribution >= 0.6 is 0 Å². The average Bonchev–Trinajstić information content (AvgIpc) is 2.36. The van der Waals surface area contributed by atoms with E-state index < -0.39 is 0 Å².